The number of aromatic nitrogens is 1. The molecule has 5 heteroatoms. The van der Waals surface area contributed by atoms with Gasteiger partial charge < -0.3 is 9.67 Å². The van der Waals surface area contributed by atoms with Gasteiger partial charge in [-0.3, -0.25) is 9.69 Å². The summed E-state index contributed by atoms with van der Waals surface area (Å²) in [6.45, 7) is 3.56. The van der Waals surface area contributed by atoms with E-state index in [0.29, 0.717) is 12.1 Å². The molecule has 2 aromatic carbocycles. The van der Waals surface area contributed by atoms with Crippen LogP contribution in [-0.2, 0) is 12.1 Å². The van der Waals surface area contributed by atoms with Gasteiger partial charge >= 0.3 is 0 Å². The van der Waals surface area contributed by atoms with E-state index in [9.17, 15) is 14.3 Å². The summed E-state index contributed by atoms with van der Waals surface area (Å²) >= 11 is 0. The number of fused-ring (bicyclic) bond motifs is 3. The van der Waals surface area contributed by atoms with E-state index in [1.54, 1.807) is 19.1 Å². The van der Waals surface area contributed by atoms with Crippen molar-refractivity contribution < 1.29 is 14.3 Å². The Bertz CT molecular complexity index is 1110. The number of carbonyl (C=O) groups is 1. The molecule has 2 aliphatic rings. The normalized spacial score (nSPS) is 25.5. The fraction of sp³-hybridized carbons (Fsp3) is 0.444. The molecule has 0 amide bonds. The van der Waals surface area contributed by atoms with Gasteiger partial charge in [-0.15, -0.1) is 0 Å². The third-order valence-corrected chi connectivity index (χ3v) is 7.53. The molecule has 3 heterocycles. The molecule has 4 nitrogen and oxygen atoms in total. The van der Waals surface area contributed by atoms with Gasteiger partial charge in [0.2, 0.25) is 0 Å². The number of rotatable bonds is 7. The second-order valence-corrected chi connectivity index (χ2v) is 9.59. The SMILES string of the molecule is CC(=O)c1cn(CCCCN2C3CC[C@@H]2CC(O)(c2ccc(F)cc2)C3)c2ccccc12. The van der Waals surface area contributed by atoms with Crippen LogP contribution in [0.3, 0.4) is 0 Å². The van der Waals surface area contributed by atoms with Gasteiger partial charge in [0.1, 0.15) is 5.82 Å². The lowest BCUT2D eigenvalue weighted by atomic mass is 9.80. The highest BCUT2D eigenvalue weighted by Crippen LogP contribution is 2.45. The lowest BCUT2D eigenvalue weighted by Crippen LogP contribution is -2.49. The highest BCUT2D eigenvalue weighted by atomic mass is 19.1. The zero-order chi connectivity index (χ0) is 22.3. The van der Waals surface area contributed by atoms with Crippen molar-refractivity contribution in [1.29, 1.82) is 0 Å². The van der Waals surface area contributed by atoms with Crippen LogP contribution < -0.4 is 0 Å². The Morgan fingerprint density at radius 1 is 1.03 bits per heavy atom. The summed E-state index contributed by atoms with van der Waals surface area (Å²) in [4.78, 5) is 14.6. The quantitative estimate of drug-likeness (QED) is 0.407. The Hall–Kier alpha value is -2.50. The first kappa shape index (κ1) is 21.4. The van der Waals surface area contributed by atoms with Crippen LogP contribution in [0.4, 0.5) is 4.39 Å². The van der Waals surface area contributed by atoms with Crippen LogP contribution in [-0.4, -0.2) is 39.0 Å². The van der Waals surface area contributed by atoms with Crippen LogP contribution in [0, 0.1) is 5.82 Å². The molecule has 3 atom stereocenters. The average molecular weight is 435 g/mol. The van der Waals surface area contributed by atoms with Crippen molar-refractivity contribution in [3.05, 3.63) is 71.7 Å². The molecule has 2 fully saturated rings. The molecule has 0 aliphatic carbocycles. The van der Waals surface area contributed by atoms with E-state index in [1.165, 1.54) is 12.1 Å². The van der Waals surface area contributed by atoms with Crippen LogP contribution in [0.15, 0.2) is 54.7 Å². The van der Waals surface area contributed by atoms with Crippen molar-refractivity contribution in [3.63, 3.8) is 0 Å². The van der Waals surface area contributed by atoms with Gasteiger partial charge in [0.25, 0.3) is 0 Å². The van der Waals surface area contributed by atoms with Gasteiger partial charge in [0, 0.05) is 41.3 Å². The third kappa shape index (κ3) is 3.89. The van der Waals surface area contributed by atoms with E-state index in [4.69, 9.17) is 0 Å². The first-order valence-corrected chi connectivity index (χ1v) is 11.8. The van der Waals surface area contributed by atoms with Crippen molar-refractivity contribution in [1.82, 2.24) is 9.47 Å². The van der Waals surface area contributed by atoms with Crippen molar-refractivity contribution in [2.24, 2.45) is 0 Å². The molecule has 2 saturated heterocycles. The number of hydrogen-bond donors (Lipinski definition) is 1. The minimum atomic E-state index is -0.844. The van der Waals surface area contributed by atoms with Gasteiger partial charge in [-0.05, 0) is 75.8 Å². The number of carbonyl (C=O) groups excluding carboxylic acids is 1. The van der Waals surface area contributed by atoms with Crippen molar-refractivity contribution in [2.45, 2.75) is 69.7 Å². The predicted octanol–water partition coefficient (Wildman–Crippen LogP) is 5.28. The van der Waals surface area contributed by atoms with Crippen LogP contribution in [0.2, 0.25) is 0 Å². The molecule has 32 heavy (non-hydrogen) atoms. The maximum Gasteiger partial charge on any atom is 0.161 e. The van der Waals surface area contributed by atoms with Gasteiger partial charge in [-0.25, -0.2) is 4.39 Å². The Morgan fingerprint density at radius 2 is 1.69 bits per heavy atom. The Kier molecular flexibility index (Phi) is 5.64. The summed E-state index contributed by atoms with van der Waals surface area (Å²) in [5.74, 6) is -0.151. The zero-order valence-electron chi connectivity index (χ0n) is 18.6. The summed E-state index contributed by atoms with van der Waals surface area (Å²) in [6.07, 6.45) is 7.83. The minimum Gasteiger partial charge on any atom is -0.385 e. The van der Waals surface area contributed by atoms with Crippen molar-refractivity contribution in [2.75, 3.05) is 6.54 Å². The molecule has 0 radical (unpaired) electrons. The number of benzene rings is 2. The maximum absolute atomic E-state index is 13.3. The number of halogens is 1. The summed E-state index contributed by atoms with van der Waals surface area (Å²) in [5.41, 5.74) is 1.93. The smallest absolute Gasteiger partial charge is 0.161 e. The number of hydrogen-bond acceptors (Lipinski definition) is 3. The topological polar surface area (TPSA) is 45.5 Å². The third-order valence-electron chi connectivity index (χ3n) is 7.53. The highest BCUT2D eigenvalue weighted by Gasteiger charge is 2.47. The van der Waals surface area contributed by atoms with Crippen molar-refractivity contribution in [3.8, 4) is 0 Å². The first-order valence-electron chi connectivity index (χ1n) is 11.8. The molecule has 0 saturated carbocycles. The standard InChI is InChI=1S/C27H31FN2O2/c1-19(31)25-18-29(26-7-3-2-6-24(25)26)14-4-5-15-30-22-12-13-23(30)17-27(32,16-22)20-8-10-21(28)11-9-20/h2-3,6-11,18,22-23,32H,4-5,12-17H2,1H3/t22-,23?,27?/m1/s1. The number of Topliss-reactive ketones (excluding diaryl/α,β-unsaturated/α-hetero) is 1. The van der Waals surface area contributed by atoms with Gasteiger partial charge in [0.05, 0.1) is 5.60 Å². The largest absolute Gasteiger partial charge is 0.385 e. The molecular weight excluding hydrogens is 403 g/mol. The summed E-state index contributed by atoms with van der Waals surface area (Å²) < 4.78 is 15.5. The number of aliphatic hydroxyl groups is 1. The molecule has 1 aromatic heterocycles. The number of ketones is 1. The molecule has 5 rings (SSSR count). The average Bonchev–Trinajstić information content (AvgIpc) is 3.27. The highest BCUT2D eigenvalue weighted by molar-refractivity contribution is 6.06. The number of piperidine rings is 1. The molecule has 2 bridgehead atoms. The predicted molar refractivity (Wildman–Crippen MR) is 124 cm³/mol. The molecule has 3 aromatic rings. The van der Waals surface area contributed by atoms with Crippen LogP contribution in [0.5, 0.6) is 0 Å². The van der Waals surface area contributed by atoms with Gasteiger partial charge in [-0.2, -0.15) is 0 Å². The Morgan fingerprint density at radius 3 is 2.38 bits per heavy atom. The van der Waals surface area contributed by atoms with E-state index < -0.39 is 5.60 Å². The van der Waals surface area contributed by atoms with E-state index in [-0.39, 0.29) is 11.6 Å². The van der Waals surface area contributed by atoms with E-state index in [1.807, 2.05) is 24.4 Å². The molecule has 2 aliphatic heterocycles. The molecule has 168 valence electrons. The molecule has 0 spiro atoms. The van der Waals surface area contributed by atoms with Gasteiger partial charge in [0.15, 0.2) is 5.78 Å². The van der Waals surface area contributed by atoms with E-state index in [2.05, 4.69) is 15.5 Å². The summed E-state index contributed by atoms with van der Waals surface area (Å²) in [6, 6.07) is 15.3. The molecule has 2 unspecified atom stereocenters. The summed E-state index contributed by atoms with van der Waals surface area (Å²) in [7, 11) is 0. The fourth-order valence-corrected chi connectivity index (χ4v) is 5.97. The fourth-order valence-electron chi connectivity index (χ4n) is 5.97. The lowest BCUT2D eigenvalue weighted by Gasteiger charge is -2.44. The summed E-state index contributed by atoms with van der Waals surface area (Å²) in [5, 5.41) is 12.4. The monoisotopic (exact) mass is 434 g/mol. The van der Waals surface area contributed by atoms with Gasteiger partial charge in [-0.1, -0.05) is 30.3 Å². The zero-order valence-corrected chi connectivity index (χ0v) is 18.6. The first-order chi connectivity index (χ1) is 15.4. The maximum atomic E-state index is 13.3. The van der Waals surface area contributed by atoms with Crippen molar-refractivity contribution >= 4 is 16.7 Å². The van der Waals surface area contributed by atoms with E-state index in [0.717, 1.165) is 73.6 Å². The number of aryl methyl sites for hydroxylation is 1. The Balaban J connectivity index is 1.20. The molecular formula is C27H31FN2O2. The van der Waals surface area contributed by atoms with Crippen LogP contribution in [0.1, 0.15) is 61.4 Å². The molecule has 1 N–H and O–H groups in total. The van der Waals surface area contributed by atoms with E-state index >= 15 is 0 Å². The number of para-hydroxylation sites is 1. The van der Waals surface area contributed by atoms with Crippen LogP contribution in [0.25, 0.3) is 10.9 Å². The Labute approximate surface area is 188 Å². The van der Waals surface area contributed by atoms with Crippen LogP contribution >= 0.6 is 0 Å². The second-order valence-electron chi connectivity index (χ2n) is 9.59. The number of nitrogens with zero attached hydrogens (tertiary/aromatic N) is 2. The minimum absolute atomic E-state index is 0.110. The number of unbranched alkanes of at least 4 members (excludes halogenated alkanes) is 1. The second kappa shape index (κ2) is 8.45. The lowest BCUT2D eigenvalue weighted by molar-refractivity contribution is -0.0572.